The number of halogens is 4. The Morgan fingerprint density at radius 3 is 2.67 bits per heavy atom. The lowest BCUT2D eigenvalue weighted by molar-refractivity contribution is -0.137. The molecule has 2 N–H and O–H groups in total. The lowest BCUT2D eigenvalue weighted by atomic mass is 10.2. The van der Waals surface area contributed by atoms with Gasteiger partial charge in [0.05, 0.1) is 35.2 Å². The van der Waals surface area contributed by atoms with Gasteiger partial charge in [-0.3, -0.25) is 19.0 Å². The van der Waals surface area contributed by atoms with Gasteiger partial charge in [-0.25, -0.2) is 15.0 Å². The maximum Gasteiger partial charge on any atom is 0.418 e. The number of nitrogens with zero attached hydrogens (tertiary/aromatic N) is 5. The number of amides is 2. The summed E-state index contributed by atoms with van der Waals surface area (Å²) in [7, 11) is 0. The number of carbonyl (C=O) groups excluding carboxylic acids is 2. The van der Waals surface area contributed by atoms with Gasteiger partial charge in [-0.15, -0.1) is 11.3 Å². The zero-order chi connectivity index (χ0) is 23.8. The smallest absolute Gasteiger partial charge is 0.342 e. The van der Waals surface area contributed by atoms with Crippen LogP contribution in [0.15, 0.2) is 43.2 Å². The fourth-order valence-corrected chi connectivity index (χ4v) is 3.86. The van der Waals surface area contributed by atoms with Gasteiger partial charge in [0.1, 0.15) is 21.4 Å². The number of pyridine rings is 1. The number of imidazole rings is 1. The number of aromatic nitrogens is 5. The predicted octanol–water partition coefficient (Wildman–Crippen LogP) is 4.00. The van der Waals surface area contributed by atoms with E-state index >= 15 is 0 Å². The molecule has 2 amide bonds. The molecule has 0 aromatic carbocycles. The number of hydrogen-bond acceptors (Lipinski definition) is 7. The van der Waals surface area contributed by atoms with E-state index in [1.54, 1.807) is 17.5 Å². The number of anilines is 1. The highest BCUT2D eigenvalue weighted by Crippen LogP contribution is 2.35. The fraction of sp³-hybridized carbons (Fsp3) is 0.158. The summed E-state index contributed by atoms with van der Waals surface area (Å²) in [5, 5.41) is 4.90. The summed E-state index contributed by atoms with van der Waals surface area (Å²) in [5.74, 6) is -1.42. The molecule has 0 aliphatic carbocycles. The average Bonchev–Trinajstić information content (AvgIpc) is 3.42. The Kier molecular flexibility index (Phi) is 5.99. The lowest BCUT2D eigenvalue weighted by Crippen LogP contribution is -2.27. The van der Waals surface area contributed by atoms with Gasteiger partial charge in [0.2, 0.25) is 0 Å². The second-order valence-corrected chi connectivity index (χ2v) is 8.18. The summed E-state index contributed by atoms with van der Waals surface area (Å²) >= 11 is 6.51. The highest BCUT2D eigenvalue weighted by Gasteiger charge is 2.34. The van der Waals surface area contributed by atoms with Gasteiger partial charge in [0, 0.05) is 18.6 Å². The molecule has 4 heterocycles. The molecule has 0 fully saturated rings. The first-order valence-electron chi connectivity index (χ1n) is 9.21. The third kappa shape index (κ3) is 4.78. The van der Waals surface area contributed by atoms with Crippen molar-refractivity contribution < 1.29 is 22.8 Å². The van der Waals surface area contributed by atoms with E-state index in [0.29, 0.717) is 22.4 Å². The zero-order valence-electron chi connectivity index (χ0n) is 16.6. The molecule has 170 valence electrons. The molecule has 1 atom stereocenters. The Morgan fingerprint density at radius 1 is 1.12 bits per heavy atom. The maximum absolute atomic E-state index is 13.0. The second kappa shape index (κ2) is 8.75. The van der Waals surface area contributed by atoms with Crippen molar-refractivity contribution in [2.75, 3.05) is 5.32 Å². The van der Waals surface area contributed by atoms with E-state index in [2.05, 4.69) is 30.6 Å². The Balaban J connectivity index is 1.45. The van der Waals surface area contributed by atoms with Crippen LogP contribution < -0.4 is 10.6 Å². The first-order valence-corrected chi connectivity index (χ1v) is 10.4. The summed E-state index contributed by atoms with van der Waals surface area (Å²) in [6.45, 7) is 1.68. The van der Waals surface area contributed by atoms with Crippen LogP contribution in [0.3, 0.4) is 0 Å². The Labute approximate surface area is 192 Å². The Morgan fingerprint density at radius 2 is 1.91 bits per heavy atom. The number of carbonyl (C=O) groups is 2. The van der Waals surface area contributed by atoms with Gasteiger partial charge in [-0.1, -0.05) is 11.6 Å². The summed E-state index contributed by atoms with van der Waals surface area (Å²) in [6.07, 6.45) is 3.43. The van der Waals surface area contributed by atoms with E-state index in [-0.39, 0.29) is 10.7 Å². The van der Waals surface area contributed by atoms with Gasteiger partial charge in [-0.05, 0) is 13.0 Å². The summed E-state index contributed by atoms with van der Waals surface area (Å²) in [6, 6.07) is 0.0955. The van der Waals surface area contributed by atoms with Gasteiger partial charge in [0.25, 0.3) is 11.8 Å². The summed E-state index contributed by atoms with van der Waals surface area (Å²) in [5.41, 5.74) is -0.310. The number of rotatable bonds is 5. The molecule has 14 heteroatoms. The van der Waals surface area contributed by atoms with Gasteiger partial charge >= 0.3 is 6.18 Å². The minimum Gasteiger partial charge on any atom is -0.342 e. The minimum atomic E-state index is -4.69. The predicted molar refractivity (Wildman–Crippen MR) is 113 cm³/mol. The Bertz CT molecular complexity index is 1350. The molecule has 9 nitrogen and oxygen atoms in total. The first kappa shape index (κ1) is 22.6. The monoisotopic (exact) mass is 495 g/mol. The van der Waals surface area contributed by atoms with E-state index in [9.17, 15) is 22.8 Å². The van der Waals surface area contributed by atoms with Crippen LogP contribution in [0.1, 0.15) is 43.7 Å². The molecule has 33 heavy (non-hydrogen) atoms. The third-order valence-corrected chi connectivity index (χ3v) is 5.90. The van der Waals surface area contributed by atoms with Crippen LogP contribution in [0, 0.1) is 0 Å². The third-order valence-electron chi connectivity index (χ3n) is 4.42. The van der Waals surface area contributed by atoms with Crippen LogP contribution in [0.4, 0.5) is 19.0 Å². The SMILES string of the molecule is CC(NC(=O)c1cnc2cnccn12)c1ncc(C(=O)Nc2cc(C(F)(F)F)c(Cl)cn2)s1. The van der Waals surface area contributed by atoms with Crippen molar-refractivity contribution in [1.82, 2.24) is 29.7 Å². The number of nitrogens with one attached hydrogen (secondary N) is 2. The second-order valence-electron chi connectivity index (χ2n) is 6.71. The molecule has 1 unspecified atom stereocenters. The highest BCUT2D eigenvalue weighted by molar-refractivity contribution is 7.13. The van der Waals surface area contributed by atoms with Gasteiger partial charge in [0.15, 0.2) is 5.65 Å². The minimum absolute atomic E-state index is 0.122. The molecule has 0 aliphatic rings. The van der Waals surface area contributed by atoms with E-state index in [1.807, 2.05) is 0 Å². The van der Waals surface area contributed by atoms with E-state index in [0.717, 1.165) is 17.5 Å². The molecular weight excluding hydrogens is 483 g/mol. The van der Waals surface area contributed by atoms with Crippen molar-refractivity contribution in [2.24, 2.45) is 0 Å². The summed E-state index contributed by atoms with van der Waals surface area (Å²) < 4.78 is 40.6. The average molecular weight is 496 g/mol. The van der Waals surface area contributed by atoms with Crippen molar-refractivity contribution >= 4 is 46.2 Å². The van der Waals surface area contributed by atoms with E-state index in [4.69, 9.17) is 11.6 Å². The lowest BCUT2D eigenvalue weighted by Gasteiger charge is -2.11. The van der Waals surface area contributed by atoms with E-state index < -0.39 is 34.6 Å². The molecule has 4 aromatic rings. The van der Waals surface area contributed by atoms with E-state index in [1.165, 1.54) is 24.8 Å². The van der Waals surface area contributed by atoms with Crippen molar-refractivity contribution in [3.8, 4) is 0 Å². The molecule has 4 aromatic heterocycles. The number of alkyl halides is 3. The molecule has 0 aliphatic heterocycles. The molecule has 0 bridgehead atoms. The van der Waals surface area contributed by atoms with Gasteiger partial charge < -0.3 is 10.6 Å². The number of thiazole rings is 1. The van der Waals surface area contributed by atoms with Crippen LogP contribution in [-0.2, 0) is 6.18 Å². The molecule has 0 radical (unpaired) electrons. The molecule has 0 spiro atoms. The topological polar surface area (TPSA) is 114 Å². The van der Waals surface area contributed by atoms with Crippen molar-refractivity contribution in [1.29, 1.82) is 0 Å². The standard InChI is InChI=1S/C19H13ClF3N7O2S/c1-9(28-16(31)12-6-26-15-8-24-2-3-30(12)15)18-27-7-13(33-18)17(32)29-14-4-10(19(21,22)23)11(20)5-25-14/h2-9H,1H3,(H,28,31)(H,25,29,32). The quantitative estimate of drug-likeness (QED) is 0.432. The number of fused-ring (bicyclic) bond motifs is 1. The zero-order valence-corrected chi connectivity index (χ0v) is 18.2. The van der Waals surface area contributed by atoms with Crippen molar-refractivity contribution in [2.45, 2.75) is 19.1 Å². The summed E-state index contributed by atoms with van der Waals surface area (Å²) in [4.78, 5) is 41.1. The molecule has 4 rings (SSSR count). The molecule has 0 saturated carbocycles. The van der Waals surface area contributed by atoms with Crippen LogP contribution in [-0.4, -0.2) is 36.2 Å². The van der Waals surface area contributed by atoms with Crippen LogP contribution in [0.25, 0.3) is 5.65 Å². The van der Waals surface area contributed by atoms with Crippen molar-refractivity contribution in [3.63, 3.8) is 0 Å². The molecular formula is C19H13ClF3N7O2S. The largest absolute Gasteiger partial charge is 0.418 e. The fourth-order valence-electron chi connectivity index (χ4n) is 2.84. The molecule has 0 saturated heterocycles. The Hall–Kier alpha value is -3.58. The number of hydrogen-bond donors (Lipinski definition) is 2. The van der Waals surface area contributed by atoms with Gasteiger partial charge in [-0.2, -0.15) is 13.2 Å². The highest BCUT2D eigenvalue weighted by atomic mass is 35.5. The van der Waals surface area contributed by atoms with Crippen LogP contribution in [0.2, 0.25) is 5.02 Å². The van der Waals surface area contributed by atoms with Crippen LogP contribution in [0.5, 0.6) is 0 Å². The normalized spacial score (nSPS) is 12.5. The van der Waals surface area contributed by atoms with Crippen LogP contribution >= 0.6 is 22.9 Å². The van der Waals surface area contributed by atoms with Crippen molar-refractivity contribution in [3.05, 3.63) is 69.4 Å². The maximum atomic E-state index is 13.0. The first-order chi connectivity index (χ1) is 15.6.